The van der Waals surface area contributed by atoms with E-state index < -0.39 is 10.0 Å². The average molecular weight is 270 g/mol. The summed E-state index contributed by atoms with van der Waals surface area (Å²) in [6, 6.07) is 6.53. The van der Waals surface area contributed by atoms with Gasteiger partial charge in [0.1, 0.15) is 0 Å². The Labute approximate surface area is 108 Å². The van der Waals surface area contributed by atoms with Crippen LogP contribution >= 0.6 is 0 Å². The van der Waals surface area contributed by atoms with Gasteiger partial charge in [0.15, 0.2) is 0 Å². The third kappa shape index (κ3) is 4.12. The molecule has 0 aliphatic rings. The zero-order valence-corrected chi connectivity index (χ0v) is 11.4. The normalized spacial score (nSPS) is 11.2. The molecule has 1 aromatic carbocycles. The summed E-state index contributed by atoms with van der Waals surface area (Å²) in [6.45, 7) is 2.49. The van der Waals surface area contributed by atoms with Crippen molar-refractivity contribution in [3.63, 3.8) is 0 Å². The van der Waals surface area contributed by atoms with Gasteiger partial charge in [-0.25, -0.2) is 13.1 Å². The van der Waals surface area contributed by atoms with Gasteiger partial charge in [-0.1, -0.05) is 12.1 Å². The van der Waals surface area contributed by atoms with E-state index in [1.807, 2.05) is 6.92 Å². The van der Waals surface area contributed by atoms with Gasteiger partial charge in [-0.2, -0.15) is 0 Å². The van der Waals surface area contributed by atoms with Crippen molar-refractivity contribution < 1.29 is 13.2 Å². The highest BCUT2D eigenvalue weighted by atomic mass is 32.2. The molecule has 0 saturated carbocycles. The molecule has 0 aliphatic carbocycles. The Morgan fingerprint density at radius 2 is 1.83 bits per heavy atom. The second kappa shape index (κ2) is 6.51. The van der Waals surface area contributed by atoms with Gasteiger partial charge in [0.05, 0.1) is 4.90 Å². The number of rotatable bonds is 6. The quantitative estimate of drug-likeness (QED) is 0.797. The molecule has 6 heteroatoms. The first-order chi connectivity index (χ1) is 8.49. The van der Waals surface area contributed by atoms with Crippen LogP contribution in [0.5, 0.6) is 0 Å². The van der Waals surface area contributed by atoms with Gasteiger partial charge in [0, 0.05) is 13.0 Å². The predicted octanol–water partition coefficient (Wildman–Crippen LogP) is 0.663. The Balaban J connectivity index is 2.64. The number of amides is 1. The molecule has 0 spiro atoms. The third-order valence-electron chi connectivity index (χ3n) is 2.52. The molecule has 0 atom stereocenters. The summed E-state index contributed by atoms with van der Waals surface area (Å²) in [4.78, 5) is 11.5. The predicted molar refractivity (Wildman–Crippen MR) is 69.7 cm³/mol. The van der Waals surface area contributed by atoms with Gasteiger partial charge < -0.3 is 5.32 Å². The van der Waals surface area contributed by atoms with E-state index >= 15 is 0 Å². The minimum atomic E-state index is -3.38. The number of nitrogens with one attached hydrogen (secondary N) is 2. The first-order valence-corrected chi connectivity index (χ1v) is 7.27. The van der Waals surface area contributed by atoms with Crippen LogP contribution in [-0.4, -0.2) is 27.9 Å². The lowest BCUT2D eigenvalue weighted by Gasteiger charge is -2.05. The maximum absolute atomic E-state index is 11.5. The third-order valence-corrected chi connectivity index (χ3v) is 3.95. The van der Waals surface area contributed by atoms with Crippen LogP contribution in [0.2, 0.25) is 0 Å². The van der Waals surface area contributed by atoms with Gasteiger partial charge in [0.25, 0.3) is 0 Å². The van der Waals surface area contributed by atoms with Crippen molar-refractivity contribution in [2.75, 3.05) is 13.6 Å². The van der Waals surface area contributed by atoms with E-state index in [1.54, 1.807) is 24.3 Å². The van der Waals surface area contributed by atoms with Crippen LogP contribution in [0.25, 0.3) is 0 Å². The maximum atomic E-state index is 11.5. The van der Waals surface area contributed by atoms with E-state index in [0.717, 1.165) is 5.56 Å². The van der Waals surface area contributed by atoms with E-state index in [2.05, 4.69) is 10.0 Å². The largest absolute Gasteiger partial charge is 0.356 e. The van der Waals surface area contributed by atoms with Crippen LogP contribution in [0.4, 0.5) is 0 Å². The highest BCUT2D eigenvalue weighted by molar-refractivity contribution is 7.89. The Hall–Kier alpha value is -1.40. The number of carbonyl (C=O) groups excluding carboxylic acids is 1. The second-order valence-electron chi connectivity index (χ2n) is 3.81. The van der Waals surface area contributed by atoms with E-state index in [0.29, 0.717) is 19.4 Å². The molecular weight excluding hydrogens is 252 g/mol. The van der Waals surface area contributed by atoms with Crippen molar-refractivity contribution in [1.29, 1.82) is 0 Å². The smallest absolute Gasteiger partial charge is 0.240 e. The van der Waals surface area contributed by atoms with Gasteiger partial charge >= 0.3 is 0 Å². The Morgan fingerprint density at radius 3 is 2.33 bits per heavy atom. The minimum absolute atomic E-state index is 0.00410. The van der Waals surface area contributed by atoms with Crippen molar-refractivity contribution >= 4 is 15.9 Å². The molecule has 0 aliphatic heterocycles. The van der Waals surface area contributed by atoms with Gasteiger partial charge in [-0.15, -0.1) is 0 Å². The van der Waals surface area contributed by atoms with Crippen LogP contribution in [0.3, 0.4) is 0 Å². The molecule has 0 bridgehead atoms. The van der Waals surface area contributed by atoms with Crippen LogP contribution in [-0.2, 0) is 21.2 Å². The SMILES string of the molecule is CCNC(=O)CCc1ccc(S(=O)(=O)NC)cc1. The van der Waals surface area contributed by atoms with Gasteiger partial charge in [0.2, 0.25) is 15.9 Å². The number of carbonyl (C=O) groups is 1. The maximum Gasteiger partial charge on any atom is 0.240 e. The number of hydrogen-bond acceptors (Lipinski definition) is 3. The van der Waals surface area contributed by atoms with Crippen molar-refractivity contribution in [3.05, 3.63) is 29.8 Å². The molecule has 0 aromatic heterocycles. The van der Waals surface area contributed by atoms with E-state index in [9.17, 15) is 13.2 Å². The summed E-state index contributed by atoms with van der Waals surface area (Å²) in [5.74, 6) is 0.00410. The number of hydrogen-bond donors (Lipinski definition) is 2. The van der Waals surface area contributed by atoms with Crippen molar-refractivity contribution in [1.82, 2.24) is 10.0 Å². The lowest BCUT2D eigenvalue weighted by molar-refractivity contribution is -0.120. The molecule has 5 nitrogen and oxygen atoms in total. The molecule has 1 rings (SSSR count). The van der Waals surface area contributed by atoms with Crippen molar-refractivity contribution in [2.45, 2.75) is 24.7 Å². The van der Waals surface area contributed by atoms with Crippen LogP contribution in [0.15, 0.2) is 29.2 Å². The summed E-state index contributed by atoms with van der Waals surface area (Å²) in [5.41, 5.74) is 0.941. The fourth-order valence-electron chi connectivity index (χ4n) is 1.50. The molecule has 0 radical (unpaired) electrons. The topological polar surface area (TPSA) is 75.3 Å². The van der Waals surface area contributed by atoms with Gasteiger partial charge in [-0.05, 0) is 38.1 Å². The Kier molecular flexibility index (Phi) is 5.30. The Bertz CT molecular complexity index is 495. The monoisotopic (exact) mass is 270 g/mol. The van der Waals surface area contributed by atoms with Crippen molar-refractivity contribution in [3.8, 4) is 0 Å². The molecule has 100 valence electrons. The first kappa shape index (κ1) is 14.7. The molecule has 18 heavy (non-hydrogen) atoms. The fraction of sp³-hybridized carbons (Fsp3) is 0.417. The van der Waals surface area contributed by atoms with Crippen molar-refractivity contribution in [2.24, 2.45) is 0 Å². The first-order valence-electron chi connectivity index (χ1n) is 5.78. The second-order valence-corrected chi connectivity index (χ2v) is 5.69. The molecule has 0 unspecified atom stereocenters. The molecule has 1 aromatic rings. The highest BCUT2D eigenvalue weighted by Gasteiger charge is 2.10. The summed E-state index contributed by atoms with van der Waals surface area (Å²) in [5, 5.41) is 2.72. The van der Waals surface area contributed by atoms with Crippen LogP contribution < -0.4 is 10.0 Å². The van der Waals surface area contributed by atoms with E-state index in [4.69, 9.17) is 0 Å². The summed E-state index contributed by atoms with van der Waals surface area (Å²) in [7, 11) is -2.01. The Morgan fingerprint density at radius 1 is 1.22 bits per heavy atom. The lowest BCUT2D eigenvalue weighted by Crippen LogP contribution is -2.22. The molecule has 0 heterocycles. The van der Waals surface area contributed by atoms with E-state index in [-0.39, 0.29) is 10.8 Å². The number of aryl methyl sites for hydroxylation is 1. The molecule has 2 N–H and O–H groups in total. The fourth-order valence-corrected chi connectivity index (χ4v) is 2.23. The van der Waals surface area contributed by atoms with Gasteiger partial charge in [-0.3, -0.25) is 4.79 Å². The van der Waals surface area contributed by atoms with Crippen LogP contribution in [0.1, 0.15) is 18.9 Å². The minimum Gasteiger partial charge on any atom is -0.356 e. The average Bonchev–Trinajstić information content (AvgIpc) is 2.37. The number of benzene rings is 1. The molecular formula is C12H18N2O3S. The molecule has 0 saturated heterocycles. The molecule has 0 fully saturated rings. The standard InChI is InChI=1S/C12H18N2O3S/c1-3-14-12(15)9-6-10-4-7-11(8-5-10)18(16,17)13-2/h4-5,7-8,13H,3,6,9H2,1-2H3,(H,14,15). The summed E-state index contributed by atoms with van der Waals surface area (Å²) < 4.78 is 25.2. The van der Waals surface area contributed by atoms with Crippen LogP contribution in [0, 0.1) is 0 Å². The lowest BCUT2D eigenvalue weighted by atomic mass is 10.1. The highest BCUT2D eigenvalue weighted by Crippen LogP contribution is 2.11. The zero-order valence-electron chi connectivity index (χ0n) is 10.6. The summed E-state index contributed by atoms with van der Waals surface area (Å²) in [6.07, 6.45) is 1.01. The molecule has 1 amide bonds. The van der Waals surface area contributed by atoms with E-state index in [1.165, 1.54) is 7.05 Å². The zero-order chi connectivity index (χ0) is 13.6. The number of sulfonamides is 1. The summed E-state index contributed by atoms with van der Waals surface area (Å²) >= 11 is 0.